The largest absolute Gasteiger partial charge is 0.337 e. The quantitative estimate of drug-likeness (QED) is 0.619. The molecule has 1 aromatic heterocycles. The van der Waals surface area contributed by atoms with Gasteiger partial charge in [-0.1, -0.05) is 6.07 Å². The molecule has 30 heavy (non-hydrogen) atoms. The number of tetrazole rings is 1. The first-order valence-electron chi connectivity index (χ1n) is 9.33. The van der Waals surface area contributed by atoms with E-state index in [0.29, 0.717) is 24.2 Å². The highest BCUT2D eigenvalue weighted by Crippen LogP contribution is 2.19. The highest BCUT2D eigenvalue weighted by Gasteiger charge is 2.28. The van der Waals surface area contributed by atoms with Crippen LogP contribution < -0.4 is 0 Å². The van der Waals surface area contributed by atoms with Crippen molar-refractivity contribution >= 4 is 15.9 Å². The topological polar surface area (TPSA) is 101 Å². The van der Waals surface area contributed by atoms with Crippen LogP contribution in [0.15, 0.2) is 59.8 Å². The maximum atomic E-state index is 13.1. The van der Waals surface area contributed by atoms with Gasteiger partial charge in [0.05, 0.1) is 10.6 Å². The Morgan fingerprint density at radius 2 is 1.80 bits per heavy atom. The predicted molar refractivity (Wildman–Crippen MR) is 105 cm³/mol. The molecule has 1 aliphatic heterocycles. The molecule has 4 rings (SSSR count). The van der Waals surface area contributed by atoms with E-state index in [2.05, 4.69) is 15.5 Å². The third-order valence-electron chi connectivity index (χ3n) is 4.90. The fourth-order valence-corrected chi connectivity index (χ4v) is 4.81. The smallest absolute Gasteiger partial charge is 0.253 e. The summed E-state index contributed by atoms with van der Waals surface area (Å²) in [6.07, 6.45) is 1.94. The van der Waals surface area contributed by atoms with E-state index < -0.39 is 15.8 Å². The fraction of sp³-hybridized carbons (Fsp3) is 0.263. The molecule has 0 bridgehead atoms. The molecule has 1 aliphatic rings. The Hall–Kier alpha value is -3.18. The molecule has 2 aromatic carbocycles. The van der Waals surface area contributed by atoms with Gasteiger partial charge in [0.15, 0.2) is 0 Å². The zero-order valence-corrected chi connectivity index (χ0v) is 16.7. The Bertz CT molecular complexity index is 1140. The molecule has 1 saturated heterocycles. The van der Waals surface area contributed by atoms with Crippen molar-refractivity contribution in [3.05, 3.63) is 66.2 Å². The van der Waals surface area contributed by atoms with Crippen molar-refractivity contribution in [3.8, 4) is 5.69 Å². The second-order valence-corrected chi connectivity index (χ2v) is 8.75. The van der Waals surface area contributed by atoms with E-state index in [0.717, 1.165) is 12.1 Å². The van der Waals surface area contributed by atoms with Gasteiger partial charge in [0, 0.05) is 31.7 Å². The summed E-state index contributed by atoms with van der Waals surface area (Å²) in [5, 5.41) is 11.0. The van der Waals surface area contributed by atoms with Gasteiger partial charge in [-0.2, -0.15) is 4.31 Å². The van der Waals surface area contributed by atoms with Gasteiger partial charge >= 0.3 is 0 Å². The van der Waals surface area contributed by atoms with Gasteiger partial charge in [-0.15, -0.1) is 5.10 Å². The number of carbonyl (C=O) groups excluding carboxylic acids is 1. The molecule has 0 saturated carbocycles. The van der Waals surface area contributed by atoms with Crippen LogP contribution in [0.3, 0.4) is 0 Å². The standard InChI is InChI=1S/C19H19FN6O3S/c20-16-5-7-18(8-6-16)30(28,29)25-10-2-9-24(11-12-25)19(27)15-3-1-4-17(13-15)26-14-21-22-23-26/h1,3-8,13-14H,2,9-12H2. The highest BCUT2D eigenvalue weighted by molar-refractivity contribution is 7.89. The number of amides is 1. The minimum atomic E-state index is -3.75. The number of rotatable bonds is 4. The molecule has 9 nitrogen and oxygen atoms in total. The van der Waals surface area contributed by atoms with Gasteiger partial charge in [0.2, 0.25) is 10.0 Å². The molecule has 11 heteroatoms. The number of sulfonamides is 1. The van der Waals surface area contributed by atoms with Crippen LogP contribution >= 0.6 is 0 Å². The summed E-state index contributed by atoms with van der Waals surface area (Å²) < 4.78 is 41.6. The molecule has 0 aliphatic carbocycles. The first kappa shape index (κ1) is 20.1. The average molecular weight is 430 g/mol. The Morgan fingerprint density at radius 3 is 2.53 bits per heavy atom. The number of aromatic nitrogens is 4. The van der Waals surface area contributed by atoms with Crippen molar-refractivity contribution in [2.24, 2.45) is 0 Å². The molecular weight excluding hydrogens is 411 g/mol. The van der Waals surface area contributed by atoms with Crippen molar-refractivity contribution in [2.45, 2.75) is 11.3 Å². The monoisotopic (exact) mass is 430 g/mol. The van der Waals surface area contributed by atoms with E-state index in [1.54, 1.807) is 29.2 Å². The Kier molecular flexibility index (Phi) is 5.55. The van der Waals surface area contributed by atoms with E-state index in [1.807, 2.05) is 0 Å². The van der Waals surface area contributed by atoms with E-state index in [9.17, 15) is 17.6 Å². The second kappa shape index (κ2) is 8.28. The minimum Gasteiger partial charge on any atom is -0.337 e. The van der Waals surface area contributed by atoms with Crippen LogP contribution in [0.1, 0.15) is 16.8 Å². The van der Waals surface area contributed by atoms with Crippen molar-refractivity contribution in [1.29, 1.82) is 0 Å². The number of halogens is 1. The summed E-state index contributed by atoms with van der Waals surface area (Å²) >= 11 is 0. The van der Waals surface area contributed by atoms with Gasteiger partial charge in [-0.3, -0.25) is 4.79 Å². The van der Waals surface area contributed by atoms with E-state index in [1.165, 1.54) is 27.4 Å². The van der Waals surface area contributed by atoms with Crippen LogP contribution in [0, 0.1) is 5.82 Å². The molecule has 1 fully saturated rings. The molecule has 0 radical (unpaired) electrons. The molecule has 0 atom stereocenters. The first-order valence-corrected chi connectivity index (χ1v) is 10.8. The number of carbonyl (C=O) groups is 1. The number of nitrogens with zero attached hydrogens (tertiary/aromatic N) is 6. The summed E-state index contributed by atoms with van der Waals surface area (Å²) in [5.74, 6) is -0.684. The zero-order valence-electron chi connectivity index (χ0n) is 15.9. The maximum Gasteiger partial charge on any atom is 0.253 e. The lowest BCUT2D eigenvalue weighted by Gasteiger charge is -2.22. The highest BCUT2D eigenvalue weighted by atomic mass is 32.2. The van der Waals surface area contributed by atoms with Crippen LogP contribution in [0.25, 0.3) is 5.69 Å². The molecule has 0 unspecified atom stereocenters. The Labute approximate surface area is 172 Å². The van der Waals surface area contributed by atoms with Gasteiger partial charge in [-0.05, 0) is 59.3 Å². The molecule has 1 amide bonds. The van der Waals surface area contributed by atoms with Crippen LogP contribution in [-0.2, 0) is 10.0 Å². The van der Waals surface area contributed by atoms with Crippen molar-refractivity contribution in [2.75, 3.05) is 26.2 Å². The number of hydrogen-bond acceptors (Lipinski definition) is 6. The summed E-state index contributed by atoms with van der Waals surface area (Å²) in [5.41, 5.74) is 1.12. The Morgan fingerprint density at radius 1 is 1.00 bits per heavy atom. The normalized spacial score (nSPS) is 15.7. The van der Waals surface area contributed by atoms with Crippen LogP contribution in [0.5, 0.6) is 0 Å². The molecular formula is C19H19FN6O3S. The number of hydrogen-bond donors (Lipinski definition) is 0. The van der Waals surface area contributed by atoms with Crippen molar-refractivity contribution < 1.29 is 17.6 Å². The molecule has 0 N–H and O–H groups in total. The Balaban J connectivity index is 1.48. The molecule has 2 heterocycles. The SMILES string of the molecule is O=C(c1cccc(-n2cnnn2)c1)N1CCCN(S(=O)(=O)c2ccc(F)cc2)CC1. The fourth-order valence-electron chi connectivity index (χ4n) is 3.34. The van der Waals surface area contributed by atoms with Crippen molar-refractivity contribution in [1.82, 2.24) is 29.4 Å². The van der Waals surface area contributed by atoms with E-state index >= 15 is 0 Å². The second-order valence-electron chi connectivity index (χ2n) is 6.81. The van der Waals surface area contributed by atoms with Crippen molar-refractivity contribution in [3.63, 3.8) is 0 Å². The lowest BCUT2D eigenvalue weighted by atomic mass is 10.1. The lowest BCUT2D eigenvalue weighted by Crippen LogP contribution is -2.37. The van der Waals surface area contributed by atoms with Crippen LogP contribution in [0.2, 0.25) is 0 Å². The average Bonchev–Trinajstić information content (AvgIpc) is 3.18. The van der Waals surface area contributed by atoms with Gasteiger partial charge in [-0.25, -0.2) is 17.5 Å². The third kappa shape index (κ3) is 4.07. The third-order valence-corrected chi connectivity index (χ3v) is 6.81. The van der Waals surface area contributed by atoms with Gasteiger partial charge in [0.25, 0.3) is 5.91 Å². The molecule has 156 valence electrons. The van der Waals surface area contributed by atoms with Gasteiger partial charge in [0.1, 0.15) is 12.1 Å². The summed E-state index contributed by atoms with van der Waals surface area (Å²) in [7, 11) is -3.75. The van der Waals surface area contributed by atoms with E-state index in [-0.39, 0.29) is 30.4 Å². The minimum absolute atomic E-state index is 0.0396. The maximum absolute atomic E-state index is 13.1. The first-order chi connectivity index (χ1) is 14.4. The van der Waals surface area contributed by atoms with Crippen LogP contribution in [-0.4, -0.2) is 69.9 Å². The predicted octanol–water partition coefficient (Wildman–Crippen LogP) is 1.34. The van der Waals surface area contributed by atoms with Crippen LogP contribution in [0.4, 0.5) is 4.39 Å². The zero-order chi connectivity index (χ0) is 21.1. The lowest BCUT2D eigenvalue weighted by molar-refractivity contribution is 0.0764. The molecule has 3 aromatic rings. The summed E-state index contributed by atoms with van der Waals surface area (Å²) in [6.45, 7) is 1.14. The molecule has 0 spiro atoms. The van der Waals surface area contributed by atoms with E-state index in [4.69, 9.17) is 0 Å². The number of benzene rings is 2. The van der Waals surface area contributed by atoms with Gasteiger partial charge < -0.3 is 4.90 Å². The summed E-state index contributed by atoms with van der Waals surface area (Å²) in [6, 6.07) is 11.7. The summed E-state index contributed by atoms with van der Waals surface area (Å²) in [4.78, 5) is 14.7.